The molecular weight excluding hydrogens is 425 g/mol. The number of rotatable bonds is 3. The Morgan fingerprint density at radius 3 is 2.31 bits per heavy atom. The van der Waals surface area contributed by atoms with Crippen LogP contribution < -0.4 is 5.32 Å². The second kappa shape index (κ2) is 7.11. The van der Waals surface area contributed by atoms with Gasteiger partial charge >= 0.3 is 12.3 Å². The second-order valence-electron chi connectivity index (χ2n) is 10.1. The molecule has 1 aliphatic heterocycles. The monoisotopic (exact) mass is 452 g/mol. The number of aromatic nitrogens is 2. The zero-order valence-electron chi connectivity index (χ0n) is 18.7. The number of imidazole rings is 1. The summed E-state index contributed by atoms with van der Waals surface area (Å²) in [6.07, 6.45) is -2.12. The average Bonchev–Trinajstić information content (AvgIpc) is 3.00. The van der Waals surface area contributed by atoms with Gasteiger partial charge < -0.3 is 19.4 Å². The Bertz CT molecular complexity index is 1060. The number of hydrogen-bond acceptors (Lipinski definition) is 4. The highest BCUT2D eigenvalue weighted by molar-refractivity contribution is 5.84. The summed E-state index contributed by atoms with van der Waals surface area (Å²) in [4.78, 5) is 31.1. The van der Waals surface area contributed by atoms with Gasteiger partial charge in [0.1, 0.15) is 11.4 Å². The van der Waals surface area contributed by atoms with Crippen LogP contribution in [-0.2, 0) is 21.2 Å². The van der Waals surface area contributed by atoms with Gasteiger partial charge in [-0.3, -0.25) is 4.79 Å². The van der Waals surface area contributed by atoms with Gasteiger partial charge in [0.05, 0.1) is 22.8 Å². The zero-order valence-corrected chi connectivity index (χ0v) is 18.7. The van der Waals surface area contributed by atoms with Gasteiger partial charge in [0, 0.05) is 25.2 Å². The molecule has 0 radical (unpaired) electrons. The molecule has 32 heavy (non-hydrogen) atoms. The van der Waals surface area contributed by atoms with E-state index in [1.54, 1.807) is 23.1 Å². The number of nitrogens with one attached hydrogen (secondary N) is 1. The van der Waals surface area contributed by atoms with Crippen molar-refractivity contribution in [3.63, 3.8) is 0 Å². The van der Waals surface area contributed by atoms with E-state index in [0.717, 1.165) is 12.1 Å². The van der Waals surface area contributed by atoms with Crippen LogP contribution in [0, 0.1) is 17.8 Å². The fraction of sp³-hybridized carbons (Fsp3) is 0.591. The van der Waals surface area contributed by atoms with Gasteiger partial charge in [-0.25, -0.2) is 9.78 Å². The summed E-state index contributed by atoms with van der Waals surface area (Å²) in [7, 11) is 0. The van der Waals surface area contributed by atoms with Crippen LogP contribution in [0.2, 0.25) is 0 Å². The molecule has 7 nitrogen and oxygen atoms in total. The number of nitrogens with zero attached hydrogens (tertiary/aromatic N) is 3. The zero-order chi connectivity index (χ0) is 23.6. The number of ether oxygens (including phenoxy) is 1. The largest absolute Gasteiger partial charge is 0.444 e. The van der Waals surface area contributed by atoms with Crippen molar-refractivity contribution in [2.24, 2.45) is 17.8 Å². The minimum atomic E-state index is -4.44. The van der Waals surface area contributed by atoms with Crippen LogP contribution in [0.3, 0.4) is 0 Å². The molecule has 0 spiro atoms. The van der Waals surface area contributed by atoms with Gasteiger partial charge in [0.15, 0.2) is 0 Å². The Balaban J connectivity index is 1.41. The highest BCUT2D eigenvalue weighted by atomic mass is 19.4. The number of piperidine rings is 1. The lowest BCUT2D eigenvalue weighted by Crippen LogP contribution is -2.45. The van der Waals surface area contributed by atoms with Gasteiger partial charge in [-0.15, -0.1) is 0 Å². The first kappa shape index (κ1) is 22.4. The molecule has 3 atom stereocenters. The maximum Gasteiger partial charge on any atom is 0.416 e. The summed E-state index contributed by atoms with van der Waals surface area (Å²) in [6.45, 7) is 9.91. The van der Waals surface area contributed by atoms with E-state index >= 15 is 0 Å². The molecule has 2 amide bonds. The van der Waals surface area contributed by atoms with Crippen LogP contribution in [0.25, 0.3) is 5.52 Å². The summed E-state index contributed by atoms with van der Waals surface area (Å²) in [5.41, 5.74) is -1.92. The van der Waals surface area contributed by atoms with Gasteiger partial charge in [0.2, 0.25) is 5.91 Å². The Kier molecular flexibility index (Phi) is 4.98. The third-order valence-electron chi connectivity index (χ3n) is 6.00. The molecule has 0 bridgehead atoms. The number of alkyl halides is 3. The first-order valence-electron chi connectivity index (χ1n) is 10.5. The van der Waals surface area contributed by atoms with Crippen LogP contribution in [-0.4, -0.2) is 45.0 Å². The van der Waals surface area contributed by atoms with Crippen LogP contribution >= 0.6 is 0 Å². The molecule has 0 aromatic carbocycles. The van der Waals surface area contributed by atoms with E-state index in [1.807, 2.05) is 20.8 Å². The molecule has 1 aliphatic carbocycles. The highest BCUT2D eigenvalue weighted by Crippen LogP contribution is 2.52. The molecule has 1 saturated heterocycles. The quantitative estimate of drug-likeness (QED) is 0.768. The van der Waals surface area contributed by atoms with Crippen LogP contribution in [0.5, 0.6) is 0 Å². The van der Waals surface area contributed by atoms with Crippen LogP contribution in [0.4, 0.5) is 18.0 Å². The fourth-order valence-corrected chi connectivity index (χ4v) is 4.48. The van der Waals surface area contributed by atoms with E-state index in [2.05, 4.69) is 10.3 Å². The number of fused-ring (bicyclic) bond motifs is 2. The van der Waals surface area contributed by atoms with Crippen molar-refractivity contribution in [2.45, 2.75) is 51.9 Å². The Labute approximate surface area is 183 Å². The Hall–Kier alpha value is -2.78. The number of carbonyl (C=O) groups is 2. The standard InChI is InChI=1S/C22H27F3N4O3/c1-20(2,3)32-19(31)28-10-14-15(11-28)16(14)17(30)27-21(4,5)18-26-9-13-8-12(22(23,24)25)6-7-29(13)18/h6-9,14-16H,10-11H2,1-5H3,(H,27,30)/t14-,15+,16+. The molecule has 2 aliphatic rings. The number of carbonyl (C=O) groups excluding carboxylic acids is 2. The first-order valence-corrected chi connectivity index (χ1v) is 10.5. The molecular formula is C22H27F3N4O3. The van der Waals surface area contributed by atoms with Crippen molar-refractivity contribution in [3.8, 4) is 0 Å². The number of likely N-dealkylation sites (tertiary alicyclic amines) is 1. The Morgan fingerprint density at radius 2 is 1.75 bits per heavy atom. The van der Waals surface area contributed by atoms with Gasteiger partial charge in [-0.2, -0.15) is 13.2 Å². The highest BCUT2D eigenvalue weighted by Gasteiger charge is 2.61. The topological polar surface area (TPSA) is 75.9 Å². The molecule has 2 aromatic rings. The maximum atomic E-state index is 13.0. The summed E-state index contributed by atoms with van der Waals surface area (Å²) < 4.78 is 45.9. The normalized spacial score (nSPS) is 23.2. The first-order chi connectivity index (χ1) is 14.7. The lowest BCUT2D eigenvalue weighted by molar-refractivity contribution is -0.137. The molecule has 2 aromatic heterocycles. The molecule has 2 fully saturated rings. The predicted octanol–water partition coefficient (Wildman–Crippen LogP) is 3.82. The second-order valence-corrected chi connectivity index (χ2v) is 10.1. The number of halogens is 3. The van der Waals surface area contributed by atoms with Crippen molar-refractivity contribution < 1.29 is 27.5 Å². The van der Waals surface area contributed by atoms with Crippen molar-refractivity contribution in [1.82, 2.24) is 19.6 Å². The van der Waals surface area contributed by atoms with Crippen molar-refractivity contribution >= 4 is 17.5 Å². The average molecular weight is 452 g/mol. The third-order valence-corrected chi connectivity index (χ3v) is 6.00. The summed E-state index contributed by atoms with van der Waals surface area (Å²) >= 11 is 0. The molecule has 1 saturated carbocycles. The third kappa shape index (κ3) is 4.14. The molecule has 174 valence electrons. The van der Waals surface area contributed by atoms with Gasteiger partial charge in [0.25, 0.3) is 0 Å². The van der Waals surface area contributed by atoms with E-state index in [9.17, 15) is 22.8 Å². The smallest absolute Gasteiger partial charge is 0.416 e. The number of hydrogen-bond donors (Lipinski definition) is 1. The van der Waals surface area contributed by atoms with E-state index in [4.69, 9.17) is 4.74 Å². The van der Waals surface area contributed by atoms with Crippen LogP contribution in [0.1, 0.15) is 46.0 Å². The summed E-state index contributed by atoms with van der Waals surface area (Å²) in [5, 5.41) is 2.99. The summed E-state index contributed by atoms with van der Waals surface area (Å²) in [6, 6.07) is 2.03. The Morgan fingerprint density at radius 1 is 1.12 bits per heavy atom. The lowest BCUT2D eigenvalue weighted by atomic mass is 10.0. The minimum absolute atomic E-state index is 0.0877. The van der Waals surface area contributed by atoms with E-state index in [1.165, 1.54) is 12.4 Å². The predicted molar refractivity (Wildman–Crippen MR) is 110 cm³/mol. The SMILES string of the molecule is CC(C)(C)OC(=O)N1C[C@@H]2[C@H](C1)[C@H]2C(=O)NC(C)(C)c1ncc2cc(C(F)(F)F)ccn12. The maximum absolute atomic E-state index is 13.0. The lowest BCUT2D eigenvalue weighted by Gasteiger charge is -2.27. The number of pyridine rings is 1. The molecule has 3 heterocycles. The van der Waals surface area contributed by atoms with Crippen LogP contribution in [0.15, 0.2) is 24.5 Å². The molecule has 0 unspecified atom stereocenters. The molecule has 1 N–H and O–H groups in total. The van der Waals surface area contributed by atoms with Gasteiger partial charge in [-0.1, -0.05) is 0 Å². The van der Waals surface area contributed by atoms with Crippen molar-refractivity contribution in [3.05, 3.63) is 35.9 Å². The van der Waals surface area contributed by atoms with Crippen molar-refractivity contribution in [1.29, 1.82) is 0 Å². The van der Waals surface area contributed by atoms with E-state index in [-0.39, 0.29) is 29.8 Å². The van der Waals surface area contributed by atoms with Crippen molar-refractivity contribution in [2.75, 3.05) is 13.1 Å². The van der Waals surface area contributed by atoms with Gasteiger partial charge in [-0.05, 0) is 58.6 Å². The fourth-order valence-electron chi connectivity index (χ4n) is 4.48. The number of amides is 2. The molecule has 10 heteroatoms. The molecule has 4 rings (SSSR count). The van der Waals surface area contributed by atoms with E-state index < -0.39 is 22.9 Å². The minimum Gasteiger partial charge on any atom is -0.444 e. The van der Waals surface area contributed by atoms with E-state index in [0.29, 0.717) is 24.4 Å². The summed E-state index contributed by atoms with van der Waals surface area (Å²) in [5.74, 6) is 0.277.